The number of benzene rings is 1. The smallest absolute Gasteiger partial charge is 0.125 e. The second-order valence-electron chi connectivity index (χ2n) is 5.69. The first-order valence-corrected chi connectivity index (χ1v) is 7.58. The standard InChI is InChI=1S/C16H26ClNO3/c1-12(2)16(3,19)11-21-15-7-5-6-14(17)13(15)10-18-8-9-20-4/h5-7,12,18-19H,8-11H2,1-4H3. The van der Waals surface area contributed by atoms with Crippen molar-refractivity contribution in [1.82, 2.24) is 5.32 Å². The average molecular weight is 316 g/mol. The van der Waals surface area contributed by atoms with Crippen LogP contribution < -0.4 is 10.1 Å². The van der Waals surface area contributed by atoms with Crippen LogP contribution in [0.4, 0.5) is 0 Å². The highest BCUT2D eigenvalue weighted by Gasteiger charge is 2.26. The van der Waals surface area contributed by atoms with E-state index >= 15 is 0 Å². The molecule has 0 aliphatic carbocycles. The predicted molar refractivity (Wildman–Crippen MR) is 86.0 cm³/mol. The van der Waals surface area contributed by atoms with Gasteiger partial charge in [0.05, 0.1) is 12.2 Å². The maximum Gasteiger partial charge on any atom is 0.125 e. The topological polar surface area (TPSA) is 50.7 Å². The summed E-state index contributed by atoms with van der Waals surface area (Å²) < 4.78 is 10.8. The van der Waals surface area contributed by atoms with Gasteiger partial charge in [0.2, 0.25) is 0 Å². The summed E-state index contributed by atoms with van der Waals surface area (Å²) in [7, 11) is 1.67. The van der Waals surface area contributed by atoms with E-state index in [4.69, 9.17) is 21.1 Å². The first kappa shape index (κ1) is 18.2. The van der Waals surface area contributed by atoms with Gasteiger partial charge in [0, 0.05) is 30.8 Å². The Labute approximate surface area is 132 Å². The van der Waals surface area contributed by atoms with Crippen molar-refractivity contribution >= 4 is 11.6 Å². The molecule has 0 aromatic heterocycles. The Morgan fingerprint density at radius 1 is 1.38 bits per heavy atom. The zero-order valence-electron chi connectivity index (χ0n) is 13.3. The van der Waals surface area contributed by atoms with Crippen LogP contribution in [0.2, 0.25) is 5.02 Å². The molecule has 0 aliphatic heterocycles. The van der Waals surface area contributed by atoms with Crippen LogP contribution in [0.3, 0.4) is 0 Å². The normalized spacial score (nSPS) is 14.2. The lowest BCUT2D eigenvalue weighted by Gasteiger charge is -2.28. The zero-order valence-corrected chi connectivity index (χ0v) is 14.0. The number of ether oxygens (including phenoxy) is 2. The summed E-state index contributed by atoms with van der Waals surface area (Å²) >= 11 is 6.24. The first-order valence-electron chi connectivity index (χ1n) is 7.20. The number of methoxy groups -OCH3 is 1. The molecule has 1 aromatic carbocycles. The zero-order chi connectivity index (χ0) is 15.9. The summed E-state index contributed by atoms with van der Waals surface area (Å²) in [6.45, 7) is 7.92. The van der Waals surface area contributed by atoms with Gasteiger partial charge in [-0.25, -0.2) is 0 Å². The fraction of sp³-hybridized carbons (Fsp3) is 0.625. The Bertz CT molecular complexity index is 436. The fourth-order valence-corrected chi connectivity index (χ4v) is 1.86. The van der Waals surface area contributed by atoms with Crippen molar-refractivity contribution < 1.29 is 14.6 Å². The third-order valence-electron chi connectivity index (χ3n) is 3.62. The van der Waals surface area contributed by atoms with Crippen molar-refractivity contribution in [3.8, 4) is 5.75 Å². The van der Waals surface area contributed by atoms with Crippen molar-refractivity contribution in [2.24, 2.45) is 5.92 Å². The lowest BCUT2D eigenvalue weighted by Crippen LogP contribution is -2.38. The van der Waals surface area contributed by atoms with Gasteiger partial charge in [0.15, 0.2) is 0 Å². The summed E-state index contributed by atoms with van der Waals surface area (Å²) in [4.78, 5) is 0. The second kappa shape index (κ2) is 8.59. The lowest BCUT2D eigenvalue weighted by atomic mass is 9.94. The van der Waals surface area contributed by atoms with Gasteiger partial charge in [0.25, 0.3) is 0 Å². The molecule has 1 aromatic rings. The molecule has 0 saturated heterocycles. The van der Waals surface area contributed by atoms with E-state index in [1.165, 1.54) is 0 Å². The molecule has 0 heterocycles. The van der Waals surface area contributed by atoms with Crippen molar-refractivity contribution in [2.45, 2.75) is 32.9 Å². The maximum absolute atomic E-state index is 10.3. The largest absolute Gasteiger partial charge is 0.490 e. The van der Waals surface area contributed by atoms with E-state index in [2.05, 4.69) is 5.32 Å². The van der Waals surface area contributed by atoms with Crippen LogP contribution in [0, 0.1) is 5.92 Å². The Morgan fingerprint density at radius 2 is 2.10 bits per heavy atom. The quantitative estimate of drug-likeness (QED) is 0.688. The first-order chi connectivity index (χ1) is 9.88. The van der Waals surface area contributed by atoms with E-state index < -0.39 is 5.60 Å². The number of hydrogen-bond acceptors (Lipinski definition) is 4. The van der Waals surface area contributed by atoms with Gasteiger partial charge in [-0.3, -0.25) is 0 Å². The van der Waals surface area contributed by atoms with Crippen molar-refractivity contribution in [3.05, 3.63) is 28.8 Å². The summed E-state index contributed by atoms with van der Waals surface area (Å²) in [6.07, 6.45) is 0. The van der Waals surface area contributed by atoms with Crippen LogP contribution in [-0.4, -0.2) is 37.6 Å². The highest BCUT2D eigenvalue weighted by Crippen LogP contribution is 2.28. The number of aliphatic hydroxyl groups is 1. The van der Waals surface area contributed by atoms with Crippen LogP contribution in [0.5, 0.6) is 5.75 Å². The number of halogens is 1. The Balaban J connectivity index is 2.71. The van der Waals surface area contributed by atoms with Gasteiger partial charge in [-0.1, -0.05) is 31.5 Å². The molecule has 0 spiro atoms. The molecule has 0 bridgehead atoms. The molecule has 0 fully saturated rings. The van der Waals surface area contributed by atoms with Gasteiger partial charge in [0.1, 0.15) is 12.4 Å². The van der Waals surface area contributed by atoms with E-state index in [-0.39, 0.29) is 12.5 Å². The highest BCUT2D eigenvalue weighted by atomic mass is 35.5. The molecule has 1 rings (SSSR count). The molecule has 0 radical (unpaired) electrons. The average Bonchev–Trinajstić information content (AvgIpc) is 2.43. The number of hydrogen-bond donors (Lipinski definition) is 2. The predicted octanol–water partition coefficient (Wildman–Crippen LogP) is 2.86. The fourth-order valence-electron chi connectivity index (χ4n) is 1.62. The molecule has 21 heavy (non-hydrogen) atoms. The molecule has 1 unspecified atom stereocenters. The van der Waals surface area contributed by atoms with Gasteiger partial charge in [-0.2, -0.15) is 0 Å². The molecule has 2 N–H and O–H groups in total. The van der Waals surface area contributed by atoms with E-state index in [9.17, 15) is 5.11 Å². The highest BCUT2D eigenvalue weighted by molar-refractivity contribution is 6.31. The Hall–Kier alpha value is -0.810. The number of rotatable bonds is 9. The molecule has 4 nitrogen and oxygen atoms in total. The van der Waals surface area contributed by atoms with Gasteiger partial charge < -0.3 is 19.9 Å². The van der Waals surface area contributed by atoms with E-state index in [0.29, 0.717) is 23.9 Å². The molecular formula is C16H26ClNO3. The summed E-state index contributed by atoms with van der Waals surface area (Å²) in [5.41, 5.74) is 0.0260. The maximum atomic E-state index is 10.3. The molecule has 0 amide bonds. The minimum atomic E-state index is -0.872. The van der Waals surface area contributed by atoms with Crippen LogP contribution in [-0.2, 0) is 11.3 Å². The summed E-state index contributed by atoms with van der Waals surface area (Å²) in [5.74, 6) is 0.813. The minimum Gasteiger partial charge on any atom is -0.490 e. The van der Waals surface area contributed by atoms with E-state index in [1.54, 1.807) is 14.0 Å². The minimum absolute atomic E-state index is 0.111. The summed E-state index contributed by atoms with van der Waals surface area (Å²) in [6, 6.07) is 5.55. The van der Waals surface area contributed by atoms with E-state index in [0.717, 1.165) is 12.1 Å². The number of nitrogens with one attached hydrogen (secondary N) is 1. The van der Waals surface area contributed by atoms with E-state index in [1.807, 2.05) is 32.0 Å². The Morgan fingerprint density at radius 3 is 2.71 bits per heavy atom. The van der Waals surface area contributed by atoms with Crippen molar-refractivity contribution in [3.63, 3.8) is 0 Å². The molecule has 120 valence electrons. The monoisotopic (exact) mass is 315 g/mol. The summed E-state index contributed by atoms with van der Waals surface area (Å²) in [5, 5.41) is 14.2. The van der Waals surface area contributed by atoms with Gasteiger partial charge in [-0.05, 0) is 25.0 Å². The third-order valence-corrected chi connectivity index (χ3v) is 3.98. The molecule has 0 aliphatic rings. The van der Waals surface area contributed by atoms with Crippen LogP contribution >= 0.6 is 11.6 Å². The molecular weight excluding hydrogens is 290 g/mol. The lowest BCUT2D eigenvalue weighted by molar-refractivity contribution is -0.0268. The van der Waals surface area contributed by atoms with Gasteiger partial charge in [-0.15, -0.1) is 0 Å². The van der Waals surface area contributed by atoms with Crippen LogP contribution in [0.15, 0.2) is 18.2 Å². The van der Waals surface area contributed by atoms with Crippen molar-refractivity contribution in [1.29, 1.82) is 0 Å². The second-order valence-corrected chi connectivity index (χ2v) is 6.09. The SMILES string of the molecule is COCCNCc1c(Cl)cccc1OCC(C)(O)C(C)C. The molecule has 0 saturated carbocycles. The van der Waals surface area contributed by atoms with Gasteiger partial charge >= 0.3 is 0 Å². The molecule has 5 heteroatoms. The van der Waals surface area contributed by atoms with Crippen molar-refractivity contribution in [2.75, 3.05) is 26.9 Å². The third kappa shape index (κ3) is 5.83. The molecule has 1 atom stereocenters. The Kier molecular flexibility index (Phi) is 7.46. The van der Waals surface area contributed by atoms with Crippen LogP contribution in [0.1, 0.15) is 26.3 Å². The van der Waals surface area contributed by atoms with Crippen LogP contribution in [0.25, 0.3) is 0 Å².